The lowest BCUT2D eigenvalue weighted by Crippen LogP contribution is -2.25. The Balaban J connectivity index is 1.86. The Kier molecular flexibility index (Phi) is 3.66. The van der Waals surface area contributed by atoms with Gasteiger partial charge in [0.15, 0.2) is 4.88 Å². The zero-order valence-corrected chi connectivity index (χ0v) is 15.6. The molecule has 0 aliphatic heterocycles. The lowest BCUT2D eigenvalue weighted by molar-refractivity contribution is -0.582. The predicted octanol–water partition coefficient (Wildman–Crippen LogP) is 5.38. The number of thiazole rings is 1. The molecule has 0 radical (unpaired) electrons. The maximum Gasteiger partial charge on any atom is 0.416 e. The normalized spacial score (nSPS) is 11.3. The molecule has 1 N–H and O–H groups in total. The molecule has 0 spiro atoms. The van der Waals surface area contributed by atoms with Gasteiger partial charge in [-0.1, -0.05) is 89.7 Å². The van der Waals surface area contributed by atoms with Crippen molar-refractivity contribution in [3.8, 4) is 27.6 Å². The van der Waals surface area contributed by atoms with E-state index in [-0.39, 0.29) is 5.88 Å². The third-order valence-corrected chi connectivity index (χ3v) is 5.98. The van der Waals surface area contributed by atoms with Crippen molar-refractivity contribution in [1.29, 1.82) is 0 Å². The minimum atomic E-state index is 0.181. The summed E-state index contributed by atoms with van der Waals surface area (Å²) in [6.45, 7) is 2.07. The number of nitrogens with zero attached hydrogens (tertiary/aromatic N) is 2. The van der Waals surface area contributed by atoms with E-state index in [4.69, 9.17) is 5.10 Å². The molecule has 5 rings (SSSR count). The van der Waals surface area contributed by atoms with Gasteiger partial charge in [0.25, 0.3) is 0 Å². The summed E-state index contributed by atoms with van der Waals surface area (Å²) in [5.74, 6) is 0.181. The van der Waals surface area contributed by atoms with Crippen molar-refractivity contribution in [1.82, 2.24) is 5.10 Å². The molecule has 0 saturated carbocycles. The topological polar surface area (TPSA) is 37.2 Å². The summed E-state index contributed by atoms with van der Waals surface area (Å²) in [6.07, 6.45) is 0. The highest BCUT2D eigenvalue weighted by Crippen LogP contribution is 2.37. The molecule has 0 aliphatic carbocycles. The van der Waals surface area contributed by atoms with E-state index in [2.05, 4.69) is 43.3 Å². The number of rotatable bonds is 2. The molecule has 0 aliphatic rings. The summed E-state index contributed by atoms with van der Waals surface area (Å²) in [7, 11) is 0. The van der Waals surface area contributed by atoms with E-state index in [1.807, 2.05) is 42.5 Å². The van der Waals surface area contributed by atoms with E-state index in [1.54, 1.807) is 15.9 Å². The van der Waals surface area contributed by atoms with Crippen LogP contribution in [0, 0.1) is 6.92 Å². The van der Waals surface area contributed by atoms with Gasteiger partial charge in [0.05, 0.1) is 5.39 Å². The summed E-state index contributed by atoms with van der Waals surface area (Å²) in [6, 6.07) is 26.5. The van der Waals surface area contributed by atoms with E-state index in [9.17, 15) is 5.11 Å². The Hall–Kier alpha value is -3.24. The van der Waals surface area contributed by atoms with E-state index in [1.165, 1.54) is 5.56 Å². The van der Waals surface area contributed by atoms with Gasteiger partial charge in [0.1, 0.15) is 5.69 Å². The minimum Gasteiger partial charge on any atom is -0.457 e. The number of aromatic hydroxyl groups is 1. The van der Waals surface area contributed by atoms with Crippen molar-refractivity contribution >= 4 is 26.9 Å². The van der Waals surface area contributed by atoms with Crippen LogP contribution in [0.1, 0.15) is 5.56 Å². The van der Waals surface area contributed by atoms with Crippen LogP contribution in [0.15, 0.2) is 78.9 Å². The molecule has 2 aromatic heterocycles. The Labute approximate surface area is 160 Å². The molecule has 0 fully saturated rings. The van der Waals surface area contributed by atoms with E-state index in [0.29, 0.717) is 0 Å². The zero-order valence-electron chi connectivity index (χ0n) is 14.8. The summed E-state index contributed by atoms with van der Waals surface area (Å²) in [5.41, 5.74) is 4.11. The van der Waals surface area contributed by atoms with Crippen molar-refractivity contribution < 1.29 is 9.62 Å². The Morgan fingerprint density at radius 2 is 1.44 bits per heavy atom. The van der Waals surface area contributed by atoms with Gasteiger partial charge in [-0.05, 0) is 13.0 Å². The highest BCUT2D eigenvalue weighted by Gasteiger charge is 2.27. The number of benzene rings is 3. The van der Waals surface area contributed by atoms with Gasteiger partial charge < -0.3 is 5.11 Å². The van der Waals surface area contributed by atoms with E-state index in [0.717, 1.165) is 37.3 Å². The third-order valence-electron chi connectivity index (χ3n) is 4.77. The molecule has 0 atom stereocenters. The quantitative estimate of drug-likeness (QED) is 0.424. The van der Waals surface area contributed by atoms with Crippen LogP contribution >= 0.6 is 11.3 Å². The Morgan fingerprint density at radius 3 is 2.19 bits per heavy atom. The average Bonchev–Trinajstić information content (AvgIpc) is 3.06. The highest BCUT2D eigenvalue weighted by molar-refractivity contribution is 7.21. The molecular formula is C23H17N2OS+. The molecule has 0 unspecified atom stereocenters. The van der Waals surface area contributed by atoms with E-state index >= 15 is 0 Å². The fourth-order valence-electron chi connectivity index (χ4n) is 3.37. The van der Waals surface area contributed by atoms with Crippen LogP contribution in [0.3, 0.4) is 0 Å². The monoisotopic (exact) mass is 369 g/mol. The van der Waals surface area contributed by atoms with Gasteiger partial charge in [-0.25, -0.2) is 0 Å². The second-order valence-electron chi connectivity index (χ2n) is 6.60. The summed E-state index contributed by atoms with van der Waals surface area (Å²) in [4.78, 5) is 1.77. The number of aryl methyl sites for hydroxylation is 1. The molecule has 130 valence electrons. The summed E-state index contributed by atoms with van der Waals surface area (Å²) in [5, 5.41) is 17.9. The largest absolute Gasteiger partial charge is 0.457 e. The Bertz CT molecular complexity index is 1280. The minimum absolute atomic E-state index is 0.181. The first-order valence-corrected chi connectivity index (χ1v) is 9.63. The zero-order chi connectivity index (χ0) is 18.4. The lowest BCUT2D eigenvalue weighted by Gasteiger charge is -2.03. The van der Waals surface area contributed by atoms with Crippen molar-refractivity contribution in [3.63, 3.8) is 0 Å². The van der Waals surface area contributed by atoms with Crippen LogP contribution < -0.4 is 4.52 Å². The first-order chi connectivity index (χ1) is 13.2. The SMILES string of the molecule is Cc1ccc(-c2n[n+]3c(O)c(-c4ccccc4)sc3c3ccccc23)cc1. The average molecular weight is 369 g/mol. The van der Waals surface area contributed by atoms with Crippen LogP contribution in [0.25, 0.3) is 37.3 Å². The van der Waals surface area contributed by atoms with Gasteiger partial charge in [0, 0.05) is 26.1 Å². The maximum absolute atomic E-state index is 10.9. The number of fused-ring (bicyclic) bond motifs is 3. The van der Waals surface area contributed by atoms with Crippen LogP contribution in [-0.2, 0) is 0 Å². The predicted molar refractivity (Wildman–Crippen MR) is 110 cm³/mol. The molecule has 0 saturated heterocycles. The molecule has 0 bridgehead atoms. The fourth-order valence-corrected chi connectivity index (χ4v) is 4.50. The standard InChI is InChI=1S/C23H16N2OS/c1-15-11-13-16(14-12-15)20-18-9-5-6-10-19(18)23-25(24-20)22(26)21(27-23)17-7-3-2-4-8-17/h2-14H,1H3/p+1. The smallest absolute Gasteiger partial charge is 0.416 e. The number of aromatic nitrogens is 2. The summed E-state index contributed by atoms with van der Waals surface area (Å²) < 4.78 is 1.67. The number of hydrogen-bond acceptors (Lipinski definition) is 3. The lowest BCUT2D eigenvalue weighted by atomic mass is 10.0. The van der Waals surface area contributed by atoms with Crippen LogP contribution in [-0.4, -0.2) is 10.2 Å². The van der Waals surface area contributed by atoms with Crippen molar-refractivity contribution in [2.24, 2.45) is 0 Å². The molecule has 3 aromatic carbocycles. The van der Waals surface area contributed by atoms with Crippen LogP contribution in [0.4, 0.5) is 0 Å². The molecule has 3 nitrogen and oxygen atoms in total. The first kappa shape index (κ1) is 16.0. The van der Waals surface area contributed by atoms with E-state index < -0.39 is 0 Å². The van der Waals surface area contributed by atoms with Crippen LogP contribution in [0.5, 0.6) is 5.88 Å². The van der Waals surface area contributed by atoms with Crippen molar-refractivity contribution in [2.45, 2.75) is 6.92 Å². The molecule has 4 heteroatoms. The number of hydrogen-bond donors (Lipinski definition) is 1. The molecular weight excluding hydrogens is 352 g/mol. The van der Waals surface area contributed by atoms with Crippen LogP contribution in [0.2, 0.25) is 0 Å². The molecule has 2 heterocycles. The molecule has 0 amide bonds. The summed E-state index contributed by atoms with van der Waals surface area (Å²) >= 11 is 1.56. The highest BCUT2D eigenvalue weighted by atomic mass is 32.1. The Morgan fingerprint density at radius 1 is 0.778 bits per heavy atom. The maximum atomic E-state index is 10.9. The molecule has 5 aromatic rings. The van der Waals surface area contributed by atoms with Gasteiger partial charge in [-0.15, -0.1) is 0 Å². The third kappa shape index (κ3) is 2.57. The fraction of sp³-hybridized carbons (Fsp3) is 0.0435. The first-order valence-electron chi connectivity index (χ1n) is 8.81. The van der Waals surface area contributed by atoms with Gasteiger partial charge in [-0.2, -0.15) is 0 Å². The second kappa shape index (κ2) is 6.18. The second-order valence-corrected chi connectivity index (χ2v) is 7.60. The van der Waals surface area contributed by atoms with Gasteiger partial charge >= 0.3 is 10.7 Å². The van der Waals surface area contributed by atoms with Gasteiger partial charge in [0.2, 0.25) is 0 Å². The van der Waals surface area contributed by atoms with Gasteiger partial charge in [-0.3, -0.25) is 0 Å². The van der Waals surface area contributed by atoms with Crippen molar-refractivity contribution in [2.75, 3.05) is 0 Å². The molecule has 27 heavy (non-hydrogen) atoms. The van der Waals surface area contributed by atoms with Crippen molar-refractivity contribution in [3.05, 3.63) is 84.4 Å².